The van der Waals surface area contributed by atoms with E-state index in [0.717, 1.165) is 21.9 Å². The van der Waals surface area contributed by atoms with Gasteiger partial charge in [-0.25, -0.2) is 4.79 Å². The summed E-state index contributed by atoms with van der Waals surface area (Å²) >= 11 is 0. The summed E-state index contributed by atoms with van der Waals surface area (Å²) in [5.74, 6) is -0.886. The van der Waals surface area contributed by atoms with E-state index in [2.05, 4.69) is 10.6 Å². The topological polar surface area (TPSA) is 87.7 Å². The van der Waals surface area contributed by atoms with Crippen molar-refractivity contribution in [3.63, 3.8) is 0 Å². The molecule has 2 N–H and O–H groups in total. The largest absolute Gasteiger partial charge is 0.444 e. The summed E-state index contributed by atoms with van der Waals surface area (Å²) in [7, 11) is 0. The number of hydrogen-bond acceptors (Lipinski definition) is 4. The number of hydrogen-bond donors (Lipinski definition) is 2. The number of benzene rings is 3. The minimum atomic E-state index is -0.903. The highest BCUT2D eigenvalue weighted by Gasteiger charge is 2.37. The highest BCUT2D eigenvalue weighted by atomic mass is 16.6. The SMILES string of the molecule is CCCN(C(=O)C(NC(=O)OC(C)(C)C)C(C)C)C(C(=O)Nc1ccc2ccccc2c1)c1ccc(C)c(C)c1. The molecule has 0 bridgehead atoms. The van der Waals surface area contributed by atoms with Crippen LogP contribution in [0.1, 0.15) is 70.7 Å². The second kappa shape index (κ2) is 13.0. The first-order valence-electron chi connectivity index (χ1n) is 14.0. The molecule has 3 amide bonds. The van der Waals surface area contributed by atoms with Crippen molar-refractivity contribution in [2.45, 2.75) is 79.5 Å². The van der Waals surface area contributed by atoms with Gasteiger partial charge in [0.2, 0.25) is 5.91 Å². The third kappa shape index (κ3) is 7.84. The summed E-state index contributed by atoms with van der Waals surface area (Å²) in [5, 5.41) is 7.90. The third-order valence-electron chi connectivity index (χ3n) is 6.78. The molecule has 0 radical (unpaired) electrons. The summed E-state index contributed by atoms with van der Waals surface area (Å²) in [5.41, 5.74) is 2.77. The highest BCUT2D eigenvalue weighted by molar-refractivity contribution is 6.00. The van der Waals surface area contributed by atoms with Crippen LogP contribution in [0.2, 0.25) is 0 Å². The van der Waals surface area contributed by atoms with Crippen LogP contribution in [0.15, 0.2) is 60.7 Å². The van der Waals surface area contributed by atoms with Crippen LogP contribution >= 0.6 is 0 Å². The smallest absolute Gasteiger partial charge is 0.408 e. The molecule has 3 aromatic carbocycles. The molecule has 7 nitrogen and oxygen atoms in total. The van der Waals surface area contributed by atoms with Crippen LogP contribution < -0.4 is 10.6 Å². The minimum Gasteiger partial charge on any atom is -0.444 e. The lowest BCUT2D eigenvalue weighted by molar-refractivity contribution is -0.141. The number of carbonyl (C=O) groups excluding carboxylic acids is 3. The average molecular weight is 546 g/mol. The molecule has 0 fully saturated rings. The number of ether oxygens (including phenoxy) is 1. The number of fused-ring (bicyclic) bond motifs is 1. The van der Waals surface area contributed by atoms with Crippen molar-refractivity contribution in [2.24, 2.45) is 5.92 Å². The Morgan fingerprint density at radius 2 is 1.57 bits per heavy atom. The van der Waals surface area contributed by atoms with Crippen LogP contribution in [-0.4, -0.2) is 41.0 Å². The van der Waals surface area contributed by atoms with Crippen LogP contribution in [0.25, 0.3) is 10.8 Å². The fraction of sp³-hybridized carbons (Fsp3) is 0.424. The van der Waals surface area contributed by atoms with Gasteiger partial charge in [-0.2, -0.15) is 0 Å². The van der Waals surface area contributed by atoms with Crippen molar-refractivity contribution >= 4 is 34.4 Å². The van der Waals surface area contributed by atoms with Crippen molar-refractivity contribution in [3.8, 4) is 0 Å². The second-order valence-electron chi connectivity index (χ2n) is 11.7. The first-order chi connectivity index (χ1) is 18.8. The fourth-order valence-electron chi connectivity index (χ4n) is 4.62. The van der Waals surface area contributed by atoms with Crippen molar-refractivity contribution in [1.29, 1.82) is 0 Å². The fourth-order valence-corrected chi connectivity index (χ4v) is 4.62. The van der Waals surface area contributed by atoms with Gasteiger partial charge >= 0.3 is 6.09 Å². The Morgan fingerprint density at radius 3 is 2.17 bits per heavy atom. The molecule has 0 aliphatic heterocycles. The summed E-state index contributed by atoms with van der Waals surface area (Å²) in [4.78, 5) is 42.5. The monoisotopic (exact) mass is 545 g/mol. The molecule has 2 atom stereocenters. The van der Waals surface area contributed by atoms with Gasteiger partial charge in [0.1, 0.15) is 17.7 Å². The van der Waals surface area contributed by atoms with Gasteiger partial charge in [-0.1, -0.05) is 69.3 Å². The lowest BCUT2D eigenvalue weighted by Crippen LogP contribution is -2.54. The van der Waals surface area contributed by atoms with Gasteiger partial charge in [0, 0.05) is 12.2 Å². The van der Waals surface area contributed by atoms with E-state index in [1.165, 1.54) is 0 Å². The van der Waals surface area contributed by atoms with Crippen LogP contribution in [0.3, 0.4) is 0 Å². The molecule has 7 heteroatoms. The number of rotatable bonds is 9. The minimum absolute atomic E-state index is 0.233. The Morgan fingerprint density at radius 1 is 0.900 bits per heavy atom. The van der Waals surface area contributed by atoms with E-state index in [1.807, 2.05) is 95.3 Å². The zero-order valence-corrected chi connectivity index (χ0v) is 25.0. The molecule has 0 aliphatic carbocycles. The normalized spacial score (nSPS) is 13.0. The van der Waals surface area contributed by atoms with Gasteiger partial charge in [-0.15, -0.1) is 0 Å². The number of amides is 3. The molecule has 0 heterocycles. The Kier molecular flexibility index (Phi) is 9.96. The molecule has 3 rings (SSSR count). The molecule has 3 aromatic rings. The first kappa shape index (κ1) is 30.7. The summed E-state index contributed by atoms with van der Waals surface area (Å²) < 4.78 is 5.44. The number of nitrogens with one attached hydrogen (secondary N) is 2. The molecule has 0 saturated carbocycles. The summed E-state index contributed by atoms with van der Waals surface area (Å²) in [6, 6.07) is 17.7. The number of aryl methyl sites for hydroxylation is 2. The predicted molar refractivity (Wildman–Crippen MR) is 161 cm³/mol. The summed E-state index contributed by atoms with van der Waals surface area (Å²) in [6.07, 6.45) is -0.0347. The molecule has 0 spiro atoms. The zero-order valence-electron chi connectivity index (χ0n) is 25.0. The van der Waals surface area contributed by atoms with E-state index >= 15 is 0 Å². The molecule has 214 valence electrons. The second-order valence-corrected chi connectivity index (χ2v) is 11.7. The van der Waals surface area contributed by atoms with Gasteiger partial charge in [-0.3, -0.25) is 9.59 Å². The van der Waals surface area contributed by atoms with E-state index in [0.29, 0.717) is 24.2 Å². The van der Waals surface area contributed by atoms with Gasteiger partial charge < -0.3 is 20.3 Å². The lowest BCUT2D eigenvalue weighted by atomic mass is 9.96. The van der Waals surface area contributed by atoms with Gasteiger partial charge in [0.05, 0.1) is 0 Å². The number of carbonyl (C=O) groups is 3. The average Bonchev–Trinajstić information content (AvgIpc) is 2.87. The van der Waals surface area contributed by atoms with E-state index in [-0.39, 0.29) is 17.7 Å². The Balaban J connectivity index is 2.02. The molecular weight excluding hydrogens is 502 g/mol. The van der Waals surface area contributed by atoms with E-state index in [9.17, 15) is 14.4 Å². The van der Waals surface area contributed by atoms with Crippen LogP contribution in [0, 0.1) is 19.8 Å². The Labute approximate surface area is 238 Å². The molecular formula is C33H43N3O4. The van der Waals surface area contributed by atoms with Crippen LogP contribution in [-0.2, 0) is 14.3 Å². The summed E-state index contributed by atoms with van der Waals surface area (Å²) in [6.45, 7) is 15.3. The quantitative estimate of drug-likeness (QED) is 0.305. The number of alkyl carbamates (subject to hydrolysis) is 1. The molecule has 40 heavy (non-hydrogen) atoms. The van der Waals surface area contributed by atoms with Crippen LogP contribution in [0.5, 0.6) is 0 Å². The van der Waals surface area contributed by atoms with Crippen molar-refractivity contribution < 1.29 is 19.1 Å². The van der Waals surface area contributed by atoms with Gasteiger partial charge in [-0.05, 0) is 86.6 Å². The van der Waals surface area contributed by atoms with Crippen molar-refractivity contribution in [1.82, 2.24) is 10.2 Å². The maximum Gasteiger partial charge on any atom is 0.408 e. The lowest BCUT2D eigenvalue weighted by Gasteiger charge is -2.35. The van der Waals surface area contributed by atoms with E-state index < -0.39 is 23.8 Å². The molecule has 0 aliphatic rings. The van der Waals surface area contributed by atoms with E-state index in [4.69, 9.17) is 4.74 Å². The van der Waals surface area contributed by atoms with Gasteiger partial charge in [0.25, 0.3) is 5.91 Å². The first-order valence-corrected chi connectivity index (χ1v) is 14.0. The standard InChI is InChI=1S/C33H43N3O4/c1-9-18-36(31(38)28(21(2)3)35-32(39)40-33(6,7)8)29(26-15-14-22(4)23(5)19-26)30(37)34-27-17-16-24-12-10-11-13-25(24)20-27/h10-17,19-21,28-29H,9,18H2,1-8H3,(H,34,37)(H,35,39). The predicted octanol–water partition coefficient (Wildman–Crippen LogP) is 6.92. The third-order valence-corrected chi connectivity index (χ3v) is 6.78. The Bertz CT molecular complexity index is 1360. The molecule has 0 saturated heterocycles. The van der Waals surface area contributed by atoms with Crippen molar-refractivity contribution in [2.75, 3.05) is 11.9 Å². The van der Waals surface area contributed by atoms with Crippen molar-refractivity contribution in [3.05, 3.63) is 77.4 Å². The Hall–Kier alpha value is -3.87. The van der Waals surface area contributed by atoms with E-state index in [1.54, 1.807) is 25.7 Å². The highest BCUT2D eigenvalue weighted by Crippen LogP contribution is 2.28. The molecule has 2 unspecified atom stereocenters. The number of nitrogens with zero attached hydrogens (tertiary/aromatic N) is 1. The van der Waals surface area contributed by atoms with Crippen LogP contribution in [0.4, 0.5) is 10.5 Å². The maximum atomic E-state index is 14.1. The maximum absolute atomic E-state index is 14.1. The van der Waals surface area contributed by atoms with Gasteiger partial charge in [0.15, 0.2) is 0 Å². The number of anilines is 1. The molecule has 0 aromatic heterocycles. The zero-order chi connectivity index (χ0) is 29.6.